The van der Waals surface area contributed by atoms with Gasteiger partial charge in [-0.2, -0.15) is 0 Å². The summed E-state index contributed by atoms with van der Waals surface area (Å²) in [5, 5.41) is 21.0. The van der Waals surface area contributed by atoms with Gasteiger partial charge in [0, 0.05) is 37.7 Å². The average Bonchev–Trinajstić information content (AvgIpc) is 4.01. The summed E-state index contributed by atoms with van der Waals surface area (Å²) in [7, 11) is 0. The summed E-state index contributed by atoms with van der Waals surface area (Å²) in [6, 6.07) is 36.7. The first-order valence-corrected chi connectivity index (χ1v) is 19.2. The summed E-state index contributed by atoms with van der Waals surface area (Å²) in [5.41, 5.74) is 2.74. The van der Waals surface area contributed by atoms with Crippen LogP contribution in [0.3, 0.4) is 0 Å². The Kier molecular flexibility index (Phi) is 13.0. The van der Waals surface area contributed by atoms with Crippen molar-refractivity contribution in [3.8, 4) is 0 Å². The molecule has 0 aromatic heterocycles. The minimum absolute atomic E-state index is 0.0253. The van der Waals surface area contributed by atoms with Crippen LogP contribution in [0.4, 0.5) is 0 Å². The number of fused-ring (bicyclic) bond motifs is 2. The number of carbonyl (C=O) groups excluding carboxylic acids is 2. The lowest BCUT2D eigenvalue weighted by atomic mass is 10.1. The van der Waals surface area contributed by atoms with Crippen LogP contribution in [0.5, 0.6) is 0 Å². The molecule has 4 atom stereocenters. The van der Waals surface area contributed by atoms with Gasteiger partial charge in [0.05, 0.1) is 23.2 Å². The van der Waals surface area contributed by atoms with Crippen LogP contribution < -0.4 is 0 Å². The van der Waals surface area contributed by atoms with Crippen LogP contribution in [0.15, 0.2) is 131 Å². The van der Waals surface area contributed by atoms with E-state index in [0.717, 1.165) is 13.1 Å². The zero-order valence-electron chi connectivity index (χ0n) is 29.0. The highest BCUT2D eigenvalue weighted by atomic mass is 32.2. The van der Waals surface area contributed by atoms with E-state index in [2.05, 4.69) is 70.5 Å². The van der Waals surface area contributed by atoms with Crippen LogP contribution in [-0.2, 0) is 19.1 Å². The summed E-state index contributed by atoms with van der Waals surface area (Å²) >= 11 is 3.77. The van der Waals surface area contributed by atoms with Crippen molar-refractivity contribution >= 4 is 57.7 Å². The minimum atomic E-state index is -2.21. The molecule has 0 aliphatic carbocycles. The number of carbonyl (C=O) groups is 4. The highest BCUT2D eigenvalue weighted by Gasteiger charge is 2.41. The van der Waals surface area contributed by atoms with E-state index in [9.17, 15) is 29.4 Å². The van der Waals surface area contributed by atoms with Crippen molar-refractivity contribution in [2.75, 3.05) is 37.7 Å². The van der Waals surface area contributed by atoms with E-state index < -0.39 is 36.1 Å². The van der Waals surface area contributed by atoms with Crippen molar-refractivity contribution in [3.05, 3.63) is 144 Å². The molecule has 278 valence electrons. The summed E-state index contributed by atoms with van der Waals surface area (Å²) in [6.07, 6.45) is -4.43. The number of carboxylic acids is 2. The van der Waals surface area contributed by atoms with Gasteiger partial charge < -0.3 is 29.5 Å². The molecule has 0 unspecified atom stereocenters. The van der Waals surface area contributed by atoms with E-state index in [1.54, 1.807) is 12.1 Å². The number of rotatable bonds is 9. The Morgan fingerprint density at radius 1 is 0.556 bits per heavy atom. The molecule has 54 heavy (non-hydrogen) atoms. The molecule has 0 radical (unpaired) electrons. The van der Waals surface area contributed by atoms with Crippen molar-refractivity contribution in [1.29, 1.82) is 0 Å². The standard InChI is InChI=1S/C18H14O8.2C11H12N2S/c19-15(20)13(25-17(23)11-7-3-1-4-8-11)14(16(21)22)26-18(24)12-9-5-2-6-10-12;2*1-2-4-9(5-3-1)10-8-13-6-7-14-11(13)12-10/h1-10,13-14H,(H,19,20)(H,21,22);2*1-5,10H,6-8H2/t13-,14-;2*10-/m111/s1. The van der Waals surface area contributed by atoms with Crippen LogP contribution in [0, 0.1) is 0 Å². The average molecular weight is 767 g/mol. The molecule has 4 aromatic carbocycles. The molecule has 4 aliphatic heterocycles. The number of hydrogen-bond acceptors (Lipinski definition) is 12. The number of aliphatic carboxylic acids is 2. The summed E-state index contributed by atoms with van der Waals surface area (Å²) < 4.78 is 9.52. The molecule has 8 rings (SSSR count). The Bertz CT molecular complexity index is 1830. The molecule has 14 heteroatoms. The first-order chi connectivity index (χ1) is 26.3. The van der Waals surface area contributed by atoms with Gasteiger partial charge in [0.1, 0.15) is 0 Å². The SMILES string of the molecule is O=C(O[C@@H](C(=O)O)[C@@H](OC(=O)c1ccccc1)C(=O)O)c1ccccc1.c1ccc([C@H]2CN3CCSC3=N2)cc1.c1ccc([C@H]2CN3CCSC3=N2)cc1. The summed E-state index contributed by atoms with van der Waals surface area (Å²) in [4.78, 5) is 61.1. The third-order valence-electron chi connectivity index (χ3n) is 8.66. The number of nitrogens with zero attached hydrogens (tertiary/aromatic N) is 4. The van der Waals surface area contributed by atoms with Crippen molar-refractivity contribution in [3.63, 3.8) is 0 Å². The lowest BCUT2D eigenvalue weighted by Gasteiger charge is -2.21. The van der Waals surface area contributed by atoms with Crippen LogP contribution in [0.25, 0.3) is 0 Å². The number of amidine groups is 2. The lowest BCUT2D eigenvalue weighted by molar-refractivity contribution is -0.166. The highest BCUT2D eigenvalue weighted by molar-refractivity contribution is 8.14. The van der Waals surface area contributed by atoms with Gasteiger partial charge in [0.15, 0.2) is 10.3 Å². The van der Waals surface area contributed by atoms with Crippen LogP contribution in [0.1, 0.15) is 43.9 Å². The zero-order valence-corrected chi connectivity index (χ0v) is 30.7. The second kappa shape index (κ2) is 18.4. The van der Waals surface area contributed by atoms with E-state index in [0.29, 0.717) is 12.1 Å². The summed E-state index contributed by atoms with van der Waals surface area (Å²) in [5.74, 6) is -3.22. The fourth-order valence-electron chi connectivity index (χ4n) is 5.92. The molecule has 4 heterocycles. The minimum Gasteiger partial charge on any atom is -0.478 e. The first-order valence-electron chi connectivity index (χ1n) is 17.3. The van der Waals surface area contributed by atoms with E-state index >= 15 is 0 Å². The van der Waals surface area contributed by atoms with Gasteiger partial charge in [0.25, 0.3) is 0 Å². The Balaban J connectivity index is 0.000000149. The number of thioether (sulfide) groups is 2. The Hall–Kier alpha value is -5.60. The molecule has 4 aromatic rings. The number of ether oxygens (including phenoxy) is 2. The van der Waals surface area contributed by atoms with Gasteiger partial charge in [-0.25, -0.2) is 19.2 Å². The fraction of sp³-hybridized carbons (Fsp3) is 0.250. The monoisotopic (exact) mass is 766 g/mol. The first kappa shape index (κ1) is 38.1. The molecule has 2 N–H and O–H groups in total. The van der Waals surface area contributed by atoms with Gasteiger partial charge in [-0.05, 0) is 35.4 Å². The number of carboxylic acid groups (broad SMARTS) is 2. The van der Waals surface area contributed by atoms with E-state index in [1.807, 2.05) is 23.5 Å². The van der Waals surface area contributed by atoms with Crippen molar-refractivity contribution in [1.82, 2.24) is 9.80 Å². The van der Waals surface area contributed by atoms with Crippen molar-refractivity contribution in [2.45, 2.75) is 24.3 Å². The topological polar surface area (TPSA) is 158 Å². The van der Waals surface area contributed by atoms with E-state index in [-0.39, 0.29) is 11.1 Å². The summed E-state index contributed by atoms with van der Waals surface area (Å²) in [6.45, 7) is 4.50. The zero-order chi connectivity index (χ0) is 37.9. The Morgan fingerprint density at radius 3 is 1.20 bits per heavy atom. The smallest absolute Gasteiger partial charge is 0.349 e. The molecule has 0 amide bonds. The maximum Gasteiger partial charge on any atom is 0.349 e. The third kappa shape index (κ3) is 9.88. The molecule has 12 nitrogen and oxygen atoms in total. The predicted molar refractivity (Wildman–Crippen MR) is 208 cm³/mol. The van der Waals surface area contributed by atoms with E-state index in [4.69, 9.17) is 19.5 Å². The van der Waals surface area contributed by atoms with Crippen LogP contribution in [0.2, 0.25) is 0 Å². The number of esters is 2. The predicted octanol–water partition coefficient (Wildman–Crippen LogP) is 5.90. The second-order valence-corrected chi connectivity index (χ2v) is 14.4. The largest absolute Gasteiger partial charge is 0.478 e. The molecular formula is C40H38N4O8S2. The molecular weight excluding hydrogens is 729 g/mol. The number of benzene rings is 4. The van der Waals surface area contributed by atoms with Gasteiger partial charge >= 0.3 is 23.9 Å². The van der Waals surface area contributed by atoms with Crippen LogP contribution >= 0.6 is 23.5 Å². The van der Waals surface area contributed by atoms with Crippen molar-refractivity contribution < 1.29 is 38.9 Å². The lowest BCUT2D eigenvalue weighted by Crippen LogP contribution is -2.45. The van der Waals surface area contributed by atoms with Gasteiger partial charge in [-0.1, -0.05) is 121 Å². The molecule has 2 saturated heterocycles. The Labute approximate surface area is 320 Å². The maximum absolute atomic E-state index is 12.0. The third-order valence-corrected chi connectivity index (χ3v) is 10.7. The van der Waals surface area contributed by atoms with Crippen molar-refractivity contribution in [2.24, 2.45) is 9.98 Å². The molecule has 0 spiro atoms. The molecule has 0 bridgehead atoms. The Morgan fingerprint density at radius 2 is 0.889 bits per heavy atom. The van der Waals surface area contributed by atoms with Crippen LogP contribution in [-0.4, -0.2) is 104 Å². The normalized spacial score (nSPS) is 19.0. The molecule has 2 fully saturated rings. The quantitative estimate of drug-likeness (QED) is 0.195. The number of hydrogen-bond donors (Lipinski definition) is 2. The fourth-order valence-corrected chi connectivity index (χ4v) is 8.01. The molecule has 4 aliphatic rings. The second-order valence-electron chi connectivity index (χ2n) is 12.3. The number of aliphatic imine (C=N–C) groups is 2. The van der Waals surface area contributed by atoms with Gasteiger partial charge in [-0.3, -0.25) is 9.98 Å². The highest BCUT2D eigenvalue weighted by Crippen LogP contribution is 2.33. The maximum atomic E-state index is 12.0. The van der Waals surface area contributed by atoms with E-state index in [1.165, 1.54) is 94.6 Å². The van der Waals surface area contributed by atoms with Gasteiger partial charge in [0.2, 0.25) is 12.2 Å². The molecule has 0 saturated carbocycles. The van der Waals surface area contributed by atoms with Gasteiger partial charge in [-0.15, -0.1) is 0 Å².